The molecule has 0 spiro atoms. The second kappa shape index (κ2) is 37.3. The minimum Gasteiger partial charge on any atom is -0.457 e. The van der Waals surface area contributed by atoms with Crippen LogP contribution < -0.4 is 0 Å². The van der Waals surface area contributed by atoms with Gasteiger partial charge in [0.15, 0.2) is 6.29 Å². The van der Waals surface area contributed by atoms with E-state index >= 15 is 0 Å². The molecule has 0 bridgehead atoms. The van der Waals surface area contributed by atoms with Crippen LogP contribution in [0.3, 0.4) is 0 Å². The zero-order valence-corrected chi connectivity index (χ0v) is 36.8. The highest BCUT2D eigenvalue weighted by Crippen LogP contribution is 2.26. The van der Waals surface area contributed by atoms with Crippen molar-refractivity contribution in [2.45, 2.75) is 185 Å². The van der Waals surface area contributed by atoms with Gasteiger partial charge in [-0.05, 0) is 77.0 Å². The van der Waals surface area contributed by atoms with E-state index in [0.29, 0.717) is 13.0 Å². The van der Waals surface area contributed by atoms with Gasteiger partial charge in [0.25, 0.3) is 0 Å². The van der Waals surface area contributed by atoms with Crippen molar-refractivity contribution in [3.63, 3.8) is 0 Å². The predicted octanol–water partition coefficient (Wildman–Crippen LogP) is 9.13. The molecule has 0 saturated carbocycles. The molecule has 0 aromatic heterocycles. The molecule has 4 N–H and O–H groups in total. The first kappa shape index (κ1) is 54.6. The zero-order chi connectivity index (χ0) is 43.2. The van der Waals surface area contributed by atoms with Crippen molar-refractivity contribution in [3.8, 4) is 0 Å². The second-order valence-electron chi connectivity index (χ2n) is 14.9. The van der Waals surface area contributed by atoms with E-state index in [9.17, 15) is 28.5 Å². The number of rotatable bonds is 37. The lowest BCUT2D eigenvalue weighted by molar-refractivity contribution is -0.301. The number of aliphatic hydroxyl groups excluding tert-OH is 3. The summed E-state index contributed by atoms with van der Waals surface area (Å²) in [4.78, 5) is 12.8. The molecular weight excluding hydrogens is 777 g/mol. The maximum Gasteiger partial charge on any atom is 0.397 e. The van der Waals surface area contributed by atoms with Crippen LogP contribution in [0.1, 0.15) is 149 Å². The Bertz CT molecular complexity index is 1310. The van der Waals surface area contributed by atoms with Crippen LogP contribution in [0.5, 0.6) is 0 Å². The minimum atomic E-state index is -5.07. The first-order chi connectivity index (χ1) is 28.6. The minimum absolute atomic E-state index is 0.0144. The van der Waals surface area contributed by atoms with Gasteiger partial charge >= 0.3 is 16.4 Å². The lowest BCUT2D eigenvalue weighted by Crippen LogP contribution is -2.60. The molecule has 0 aromatic rings. The third-order valence-corrected chi connectivity index (χ3v) is 10.0. The molecule has 6 unspecified atom stereocenters. The molecule has 0 aliphatic carbocycles. The van der Waals surface area contributed by atoms with Crippen LogP contribution in [0.15, 0.2) is 72.9 Å². The van der Waals surface area contributed by atoms with Gasteiger partial charge in [0, 0.05) is 13.0 Å². The molecule has 6 atom stereocenters. The Morgan fingerprint density at radius 3 is 1.71 bits per heavy atom. The molecular formula is C46H78O12S. The van der Waals surface area contributed by atoms with Gasteiger partial charge in [-0.3, -0.25) is 9.35 Å². The monoisotopic (exact) mass is 855 g/mol. The first-order valence-electron chi connectivity index (χ1n) is 22.2. The van der Waals surface area contributed by atoms with Gasteiger partial charge in [0.1, 0.15) is 30.5 Å². The van der Waals surface area contributed by atoms with Crippen molar-refractivity contribution in [3.05, 3.63) is 72.9 Å². The lowest BCUT2D eigenvalue weighted by atomic mass is 9.99. The van der Waals surface area contributed by atoms with Crippen LogP contribution in [0.25, 0.3) is 0 Å². The number of hydrogen-bond donors (Lipinski definition) is 4. The number of unbranched alkanes of at least 4 members (excludes halogenated alkanes) is 12. The van der Waals surface area contributed by atoms with Crippen molar-refractivity contribution >= 4 is 16.4 Å². The molecule has 59 heavy (non-hydrogen) atoms. The molecule has 1 heterocycles. The largest absolute Gasteiger partial charge is 0.457 e. The standard InChI is InChI=1S/C46H78O12S/c1-3-5-7-9-11-13-15-17-19-20-21-23-25-27-29-31-33-35-42(48)56-40(39-55-46-44(50)45(58-59(51,52)53)43(49)41(37-47)57-46)38-54-36-34-32-30-28-26-24-22-18-16-14-12-10-8-6-4-2/h5,7,10-13,16-19,21,23,40-41,43-47,49-50H,3-4,6,8-9,14-15,20,22,24-39H2,1-2H3,(H,51,52,53)/b7-5-,12-10-,13-11-,18-16-,19-17-,23-21-. The third kappa shape index (κ3) is 31.1. The summed E-state index contributed by atoms with van der Waals surface area (Å²) < 4.78 is 59.0. The number of esters is 1. The molecule has 12 nitrogen and oxygen atoms in total. The van der Waals surface area contributed by atoms with Crippen LogP contribution >= 0.6 is 0 Å². The van der Waals surface area contributed by atoms with Gasteiger partial charge in [0.2, 0.25) is 0 Å². The predicted molar refractivity (Wildman–Crippen MR) is 234 cm³/mol. The SMILES string of the molecule is CC/C=C\C/C=C\C/C=C\C/C=C\CCCCCCC(=O)OC(COCCCCCCCC/C=C\C/C=C\CCCC)COC1OC(CO)C(O)C(OS(=O)(=O)O)C1O. The number of hydrogen-bond acceptors (Lipinski definition) is 11. The van der Waals surface area contributed by atoms with Crippen LogP contribution in [0.2, 0.25) is 0 Å². The summed E-state index contributed by atoms with van der Waals surface area (Å²) in [5.41, 5.74) is 0. The number of carbonyl (C=O) groups excluding carboxylic acids is 1. The summed E-state index contributed by atoms with van der Waals surface area (Å²) in [6, 6.07) is 0. The van der Waals surface area contributed by atoms with Gasteiger partial charge in [-0.25, -0.2) is 4.18 Å². The highest BCUT2D eigenvalue weighted by atomic mass is 32.3. The van der Waals surface area contributed by atoms with Crippen molar-refractivity contribution < 1.29 is 56.2 Å². The Morgan fingerprint density at radius 2 is 1.17 bits per heavy atom. The average molecular weight is 855 g/mol. The van der Waals surface area contributed by atoms with Crippen molar-refractivity contribution in [2.24, 2.45) is 0 Å². The maximum atomic E-state index is 12.8. The highest BCUT2D eigenvalue weighted by molar-refractivity contribution is 7.80. The molecule has 0 aromatic carbocycles. The fraction of sp³-hybridized carbons (Fsp3) is 0.717. The van der Waals surface area contributed by atoms with Crippen molar-refractivity contribution in [1.29, 1.82) is 0 Å². The quantitative estimate of drug-likeness (QED) is 0.0202. The van der Waals surface area contributed by atoms with E-state index in [-0.39, 0.29) is 19.6 Å². The van der Waals surface area contributed by atoms with E-state index in [1.807, 2.05) is 0 Å². The normalized spacial score (nSPS) is 21.1. The van der Waals surface area contributed by atoms with E-state index < -0.39 is 59.8 Å². The fourth-order valence-corrected chi connectivity index (χ4v) is 6.72. The van der Waals surface area contributed by atoms with Crippen LogP contribution in [-0.4, -0.2) is 97.5 Å². The molecule has 0 amide bonds. The first-order valence-corrected chi connectivity index (χ1v) is 23.6. The van der Waals surface area contributed by atoms with E-state index in [2.05, 4.69) is 90.9 Å². The molecule has 1 fully saturated rings. The topological polar surface area (TPSA) is 178 Å². The summed E-state index contributed by atoms with van der Waals surface area (Å²) in [6.07, 6.45) is 37.9. The Kier molecular flexibility index (Phi) is 34.5. The molecule has 340 valence electrons. The summed E-state index contributed by atoms with van der Waals surface area (Å²) in [5, 5.41) is 30.6. The van der Waals surface area contributed by atoms with Gasteiger partial charge in [-0.15, -0.1) is 0 Å². The number of allylic oxidation sites excluding steroid dienone is 12. The smallest absolute Gasteiger partial charge is 0.397 e. The Hall–Kier alpha value is -2.46. The number of carbonyl (C=O) groups is 1. The summed E-state index contributed by atoms with van der Waals surface area (Å²) in [5.74, 6) is -0.430. The van der Waals surface area contributed by atoms with Gasteiger partial charge in [-0.1, -0.05) is 138 Å². The summed E-state index contributed by atoms with van der Waals surface area (Å²) in [6.45, 7) is 3.76. The highest BCUT2D eigenvalue weighted by Gasteiger charge is 2.48. The second-order valence-corrected chi connectivity index (χ2v) is 15.9. The maximum absolute atomic E-state index is 12.8. The van der Waals surface area contributed by atoms with Crippen molar-refractivity contribution in [1.82, 2.24) is 0 Å². The molecule has 1 saturated heterocycles. The van der Waals surface area contributed by atoms with Crippen molar-refractivity contribution in [2.75, 3.05) is 26.4 Å². The third-order valence-electron chi connectivity index (χ3n) is 9.56. The van der Waals surface area contributed by atoms with Gasteiger partial charge in [0.05, 0.1) is 19.8 Å². The Morgan fingerprint density at radius 1 is 0.661 bits per heavy atom. The molecule has 1 aliphatic rings. The van der Waals surface area contributed by atoms with Crippen LogP contribution in [-0.2, 0) is 38.3 Å². The van der Waals surface area contributed by atoms with Gasteiger partial charge in [-0.2, -0.15) is 8.42 Å². The molecule has 13 heteroatoms. The average Bonchev–Trinajstić information content (AvgIpc) is 3.20. The lowest BCUT2D eigenvalue weighted by Gasteiger charge is -2.41. The number of ether oxygens (including phenoxy) is 4. The Balaban J connectivity index is 2.48. The zero-order valence-electron chi connectivity index (χ0n) is 36.0. The van der Waals surface area contributed by atoms with E-state index in [4.69, 9.17) is 23.5 Å². The summed E-state index contributed by atoms with van der Waals surface area (Å²) in [7, 11) is -5.07. The van der Waals surface area contributed by atoms with E-state index in [0.717, 1.165) is 96.3 Å². The molecule has 0 radical (unpaired) electrons. The summed E-state index contributed by atoms with van der Waals surface area (Å²) >= 11 is 0. The van der Waals surface area contributed by atoms with E-state index in [1.54, 1.807) is 0 Å². The van der Waals surface area contributed by atoms with Crippen LogP contribution in [0.4, 0.5) is 0 Å². The number of aliphatic hydroxyl groups is 3. The fourth-order valence-electron chi connectivity index (χ4n) is 6.21. The molecule has 1 rings (SSSR count). The Labute approximate surface area is 356 Å². The van der Waals surface area contributed by atoms with Gasteiger partial charge < -0.3 is 34.3 Å². The van der Waals surface area contributed by atoms with E-state index in [1.165, 1.54) is 25.7 Å². The van der Waals surface area contributed by atoms with Crippen LogP contribution in [0, 0.1) is 0 Å². The molecule has 1 aliphatic heterocycles.